The summed E-state index contributed by atoms with van der Waals surface area (Å²) < 4.78 is 0. The fourth-order valence-electron chi connectivity index (χ4n) is 2.64. The van der Waals surface area contributed by atoms with Crippen LogP contribution in [-0.4, -0.2) is 10.9 Å². The van der Waals surface area contributed by atoms with E-state index < -0.39 is 5.91 Å². The van der Waals surface area contributed by atoms with E-state index in [4.69, 9.17) is 17.3 Å². The summed E-state index contributed by atoms with van der Waals surface area (Å²) in [5.41, 5.74) is 8.64. The summed E-state index contributed by atoms with van der Waals surface area (Å²) in [7, 11) is 0. The van der Waals surface area contributed by atoms with Crippen molar-refractivity contribution in [3.63, 3.8) is 0 Å². The molecule has 3 rings (SSSR count). The molecule has 2 aromatic rings. The molecule has 1 aromatic carbocycles. The number of carbonyl (C=O) groups is 1. The number of carbonyl (C=O) groups excluding carboxylic acids is 1. The maximum Gasteiger partial charge on any atom is 0.260 e. The van der Waals surface area contributed by atoms with Crippen LogP contribution in [0.3, 0.4) is 0 Å². The standard InChI is InChI=1S/C14H13ClN2OS/c1-7-12(13(16)18)19-14(17-7)11-4-2-8-6-9(15)3-5-10(8)11/h3,5-6,11H,2,4H2,1H3,(H2,16,18)/t11-/m1/s1. The maximum absolute atomic E-state index is 11.3. The molecule has 98 valence electrons. The van der Waals surface area contributed by atoms with Crippen molar-refractivity contribution in [1.29, 1.82) is 0 Å². The van der Waals surface area contributed by atoms with Crippen LogP contribution < -0.4 is 5.73 Å². The summed E-state index contributed by atoms with van der Waals surface area (Å²) in [6.07, 6.45) is 2.02. The Hall–Kier alpha value is -1.39. The zero-order valence-corrected chi connectivity index (χ0v) is 12.0. The van der Waals surface area contributed by atoms with Crippen molar-refractivity contribution in [2.75, 3.05) is 0 Å². The van der Waals surface area contributed by atoms with Crippen molar-refractivity contribution in [3.05, 3.63) is 49.9 Å². The lowest BCUT2D eigenvalue weighted by Crippen LogP contribution is -2.09. The molecule has 0 bridgehead atoms. The van der Waals surface area contributed by atoms with E-state index >= 15 is 0 Å². The van der Waals surface area contributed by atoms with Gasteiger partial charge in [-0.15, -0.1) is 11.3 Å². The lowest BCUT2D eigenvalue weighted by Gasteiger charge is -2.07. The Balaban J connectivity index is 2.02. The van der Waals surface area contributed by atoms with Crippen LogP contribution in [0.25, 0.3) is 0 Å². The van der Waals surface area contributed by atoms with Gasteiger partial charge < -0.3 is 5.73 Å². The molecule has 0 saturated carbocycles. The minimum Gasteiger partial charge on any atom is -0.365 e. The molecule has 1 aliphatic carbocycles. The number of aryl methyl sites for hydroxylation is 2. The topological polar surface area (TPSA) is 56.0 Å². The molecule has 0 fully saturated rings. The Kier molecular flexibility index (Phi) is 3.07. The van der Waals surface area contributed by atoms with E-state index in [1.807, 2.05) is 19.1 Å². The second-order valence-corrected chi connectivity index (χ2v) is 6.23. The van der Waals surface area contributed by atoms with Crippen molar-refractivity contribution in [2.45, 2.75) is 25.7 Å². The van der Waals surface area contributed by atoms with Gasteiger partial charge in [-0.05, 0) is 43.0 Å². The first kappa shape index (κ1) is 12.6. The molecule has 2 N–H and O–H groups in total. The van der Waals surface area contributed by atoms with E-state index in [-0.39, 0.29) is 5.92 Å². The number of nitrogens with two attached hydrogens (primary N) is 1. The van der Waals surface area contributed by atoms with Gasteiger partial charge in [0.15, 0.2) is 0 Å². The van der Waals surface area contributed by atoms with E-state index in [9.17, 15) is 4.79 Å². The summed E-state index contributed by atoms with van der Waals surface area (Å²) in [5, 5.41) is 1.75. The molecule has 0 spiro atoms. The molecule has 5 heteroatoms. The monoisotopic (exact) mass is 292 g/mol. The third-order valence-electron chi connectivity index (χ3n) is 3.52. The van der Waals surface area contributed by atoms with Crippen LogP contribution in [0.15, 0.2) is 18.2 Å². The first-order valence-electron chi connectivity index (χ1n) is 6.11. The zero-order chi connectivity index (χ0) is 13.6. The van der Waals surface area contributed by atoms with Gasteiger partial charge in [-0.3, -0.25) is 4.79 Å². The highest BCUT2D eigenvalue weighted by molar-refractivity contribution is 7.13. The third-order valence-corrected chi connectivity index (χ3v) is 5.04. The molecule has 1 heterocycles. The molecule has 3 nitrogen and oxygen atoms in total. The first-order valence-corrected chi connectivity index (χ1v) is 7.31. The minimum atomic E-state index is -0.393. The van der Waals surface area contributed by atoms with Crippen LogP contribution in [0, 0.1) is 6.92 Å². The predicted molar refractivity (Wildman–Crippen MR) is 77.0 cm³/mol. The van der Waals surface area contributed by atoms with E-state index in [1.165, 1.54) is 22.5 Å². The lowest BCUT2D eigenvalue weighted by atomic mass is 10.0. The lowest BCUT2D eigenvalue weighted by molar-refractivity contribution is 0.100. The fourth-order valence-corrected chi connectivity index (χ4v) is 3.90. The summed E-state index contributed by atoms with van der Waals surface area (Å²) in [5.74, 6) is -0.125. The Labute approximate surface area is 120 Å². The Morgan fingerprint density at radius 1 is 1.53 bits per heavy atom. The van der Waals surface area contributed by atoms with Gasteiger partial charge in [-0.25, -0.2) is 4.98 Å². The molecular formula is C14H13ClN2OS. The summed E-state index contributed by atoms with van der Waals surface area (Å²) in [4.78, 5) is 16.4. The van der Waals surface area contributed by atoms with Gasteiger partial charge >= 0.3 is 0 Å². The van der Waals surface area contributed by atoms with Crippen LogP contribution in [0.1, 0.15) is 43.8 Å². The number of benzene rings is 1. The second-order valence-electron chi connectivity index (χ2n) is 4.77. The maximum atomic E-state index is 11.3. The van der Waals surface area contributed by atoms with Gasteiger partial charge in [-0.2, -0.15) is 0 Å². The minimum absolute atomic E-state index is 0.268. The fraction of sp³-hybridized carbons (Fsp3) is 0.286. The molecule has 0 radical (unpaired) electrons. The Morgan fingerprint density at radius 3 is 3.00 bits per heavy atom. The Bertz CT molecular complexity index is 665. The van der Waals surface area contributed by atoms with Crippen LogP contribution >= 0.6 is 22.9 Å². The van der Waals surface area contributed by atoms with Crippen molar-refractivity contribution >= 4 is 28.8 Å². The van der Waals surface area contributed by atoms with Crippen LogP contribution in [0.5, 0.6) is 0 Å². The van der Waals surface area contributed by atoms with Crippen LogP contribution in [0.2, 0.25) is 5.02 Å². The van der Waals surface area contributed by atoms with Gasteiger partial charge in [0.2, 0.25) is 0 Å². The van der Waals surface area contributed by atoms with E-state index in [0.717, 1.165) is 28.6 Å². The highest BCUT2D eigenvalue weighted by Gasteiger charge is 2.28. The average molecular weight is 293 g/mol. The number of amides is 1. The van der Waals surface area contributed by atoms with Crippen molar-refractivity contribution < 1.29 is 4.79 Å². The molecule has 1 amide bonds. The highest BCUT2D eigenvalue weighted by Crippen LogP contribution is 2.41. The van der Waals surface area contributed by atoms with Crippen molar-refractivity contribution in [1.82, 2.24) is 4.98 Å². The number of primary amides is 1. The number of hydrogen-bond donors (Lipinski definition) is 1. The molecule has 1 aromatic heterocycles. The number of aromatic nitrogens is 1. The number of halogens is 1. The van der Waals surface area contributed by atoms with Crippen LogP contribution in [0.4, 0.5) is 0 Å². The van der Waals surface area contributed by atoms with Gasteiger partial charge in [0.25, 0.3) is 5.91 Å². The second kappa shape index (κ2) is 4.62. The molecule has 1 atom stereocenters. The quantitative estimate of drug-likeness (QED) is 0.923. The van der Waals surface area contributed by atoms with Gasteiger partial charge in [-0.1, -0.05) is 17.7 Å². The molecule has 1 aliphatic rings. The Morgan fingerprint density at radius 2 is 2.32 bits per heavy atom. The predicted octanol–water partition coefficient (Wildman–Crippen LogP) is 3.28. The number of nitrogens with zero attached hydrogens (tertiary/aromatic N) is 1. The highest BCUT2D eigenvalue weighted by atomic mass is 35.5. The normalized spacial score (nSPS) is 17.5. The number of hydrogen-bond acceptors (Lipinski definition) is 3. The van der Waals surface area contributed by atoms with Crippen molar-refractivity contribution in [3.8, 4) is 0 Å². The average Bonchev–Trinajstić information content (AvgIpc) is 2.91. The zero-order valence-electron chi connectivity index (χ0n) is 10.4. The molecular weight excluding hydrogens is 280 g/mol. The summed E-state index contributed by atoms with van der Waals surface area (Å²) in [6.45, 7) is 1.83. The summed E-state index contributed by atoms with van der Waals surface area (Å²) >= 11 is 7.43. The van der Waals surface area contributed by atoms with E-state index in [0.29, 0.717) is 4.88 Å². The molecule has 0 unspecified atom stereocenters. The van der Waals surface area contributed by atoms with Gasteiger partial charge in [0.05, 0.1) is 5.69 Å². The van der Waals surface area contributed by atoms with Crippen molar-refractivity contribution in [2.24, 2.45) is 5.73 Å². The number of thiazole rings is 1. The molecule has 0 aliphatic heterocycles. The van der Waals surface area contributed by atoms with Crippen LogP contribution in [-0.2, 0) is 6.42 Å². The first-order chi connectivity index (χ1) is 9.06. The SMILES string of the molecule is Cc1nc([C@@H]2CCc3cc(Cl)ccc32)sc1C(N)=O. The molecule has 19 heavy (non-hydrogen) atoms. The van der Waals surface area contributed by atoms with Gasteiger partial charge in [0.1, 0.15) is 9.88 Å². The summed E-state index contributed by atoms with van der Waals surface area (Å²) in [6, 6.07) is 6.00. The number of fused-ring (bicyclic) bond motifs is 1. The van der Waals surface area contributed by atoms with E-state index in [2.05, 4.69) is 11.1 Å². The number of rotatable bonds is 2. The largest absolute Gasteiger partial charge is 0.365 e. The third kappa shape index (κ3) is 2.15. The van der Waals surface area contributed by atoms with E-state index in [1.54, 1.807) is 0 Å². The smallest absolute Gasteiger partial charge is 0.260 e. The molecule has 0 saturated heterocycles. The van der Waals surface area contributed by atoms with Gasteiger partial charge in [0, 0.05) is 10.9 Å².